The molecule has 0 spiro atoms. The molecule has 0 bridgehead atoms. The van der Waals surface area contributed by atoms with Gasteiger partial charge < -0.3 is 4.52 Å². The summed E-state index contributed by atoms with van der Waals surface area (Å²) < 4.78 is 6.45. The molecule has 35 heavy (non-hydrogen) atoms. The third kappa shape index (κ3) is 4.45. The molecule has 0 aliphatic heterocycles. The maximum Gasteiger partial charge on any atom is 0.296 e. The van der Waals surface area contributed by atoms with Gasteiger partial charge in [-0.05, 0) is 51.5 Å². The van der Waals surface area contributed by atoms with E-state index in [9.17, 15) is 14.9 Å². The maximum atomic E-state index is 13.5. The molecule has 0 saturated heterocycles. The molecule has 0 fully saturated rings. The Balaban J connectivity index is 1.77. The number of benzene rings is 2. The van der Waals surface area contributed by atoms with Crippen LogP contribution in [0.4, 0.5) is 17.1 Å². The number of rotatable bonds is 5. The highest BCUT2D eigenvalue weighted by molar-refractivity contribution is 6.39. The number of aromatic nitrogens is 3. The van der Waals surface area contributed by atoms with Gasteiger partial charge in [-0.1, -0.05) is 40.5 Å². The summed E-state index contributed by atoms with van der Waals surface area (Å²) in [6.07, 6.45) is 0. The van der Waals surface area contributed by atoms with Crippen molar-refractivity contribution in [2.75, 3.05) is 0 Å². The number of hydrogen-bond donors (Lipinski definition) is 0. The van der Waals surface area contributed by atoms with Gasteiger partial charge in [0.2, 0.25) is 0 Å². The van der Waals surface area contributed by atoms with Crippen molar-refractivity contribution in [2.45, 2.75) is 27.7 Å². The average molecular weight is 513 g/mol. The van der Waals surface area contributed by atoms with E-state index in [1.165, 1.54) is 12.1 Å². The Morgan fingerprint density at radius 2 is 1.77 bits per heavy atom. The molecule has 0 radical (unpaired) electrons. The number of hydrogen-bond acceptors (Lipinski definition) is 8. The lowest BCUT2D eigenvalue weighted by Crippen LogP contribution is -2.16. The van der Waals surface area contributed by atoms with Crippen LogP contribution < -0.4 is 0 Å². The van der Waals surface area contributed by atoms with Crippen molar-refractivity contribution >= 4 is 46.2 Å². The zero-order valence-electron chi connectivity index (χ0n) is 19.0. The van der Waals surface area contributed by atoms with Crippen LogP contribution in [0.15, 0.2) is 51.1 Å². The molecule has 2 aromatic heterocycles. The molecular formula is C23H18Cl2N6O4. The highest BCUT2D eigenvalue weighted by atomic mass is 35.5. The van der Waals surface area contributed by atoms with Crippen molar-refractivity contribution in [1.29, 1.82) is 0 Å². The van der Waals surface area contributed by atoms with Gasteiger partial charge in [-0.15, -0.1) is 10.2 Å². The van der Waals surface area contributed by atoms with Crippen molar-refractivity contribution < 1.29 is 14.2 Å². The van der Waals surface area contributed by atoms with Gasteiger partial charge in [-0.3, -0.25) is 14.9 Å². The second-order valence-corrected chi connectivity index (χ2v) is 8.56. The van der Waals surface area contributed by atoms with E-state index in [0.717, 1.165) is 10.2 Å². The highest BCUT2D eigenvalue weighted by Gasteiger charge is 2.28. The van der Waals surface area contributed by atoms with Crippen molar-refractivity contribution in [2.24, 2.45) is 10.2 Å². The van der Waals surface area contributed by atoms with E-state index >= 15 is 0 Å². The molecule has 0 amide bonds. The standard InChI is InChI=1S/C23H18Cl2N6O4/c1-11-8-9-17(18(10-11)31(33)34)26-27-21-12(2)28-30(13(21)3)23(32)19-14(4)35-29-22(19)20-15(24)6-5-7-16(20)25/h5-10H,1-4H3. The number of nitrogens with zero attached hydrogens (tertiary/aromatic N) is 6. The fourth-order valence-corrected chi connectivity index (χ4v) is 4.15. The average Bonchev–Trinajstić information content (AvgIpc) is 3.31. The highest BCUT2D eigenvalue weighted by Crippen LogP contribution is 2.38. The number of aryl methyl sites for hydroxylation is 3. The van der Waals surface area contributed by atoms with Gasteiger partial charge in [0.1, 0.15) is 22.7 Å². The molecule has 0 atom stereocenters. The predicted octanol–water partition coefficient (Wildman–Crippen LogP) is 7.09. The summed E-state index contributed by atoms with van der Waals surface area (Å²) in [5.41, 5.74) is 2.42. The molecule has 0 aliphatic carbocycles. The first kappa shape index (κ1) is 24.2. The Kier molecular flexibility index (Phi) is 6.51. The van der Waals surface area contributed by atoms with Crippen LogP contribution in [0, 0.1) is 37.8 Å². The zero-order valence-corrected chi connectivity index (χ0v) is 20.5. The number of nitro benzene ring substituents is 1. The quantitative estimate of drug-likeness (QED) is 0.159. The summed E-state index contributed by atoms with van der Waals surface area (Å²) in [7, 11) is 0. The fourth-order valence-electron chi connectivity index (χ4n) is 3.57. The summed E-state index contributed by atoms with van der Waals surface area (Å²) in [5.74, 6) is -0.273. The summed E-state index contributed by atoms with van der Waals surface area (Å²) in [5, 5.41) is 28.5. The van der Waals surface area contributed by atoms with Crippen molar-refractivity contribution in [3.8, 4) is 11.3 Å². The number of halogens is 2. The van der Waals surface area contributed by atoms with Crippen LogP contribution in [-0.2, 0) is 0 Å². The van der Waals surface area contributed by atoms with Crippen LogP contribution in [0.1, 0.15) is 33.1 Å². The van der Waals surface area contributed by atoms with E-state index in [4.69, 9.17) is 27.7 Å². The first-order valence-corrected chi connectivity index (χ1v) is 11.0. The number of azo groups is 1. The van der Waals surface area contributed by atoms with E-state index in [2.05, 4.69) is 20.5 Å². The third-order valence-electron chi connectivity index (χ3n) is 5.31. The SMILES string of the molecule is Cc1ccc(N=Nc2c(C)nn(C(=O)c3c(-c4c(Cl)cccc4Cl)noc3C)c2C)c([N+](=O)[O-])c1. The second kappa shape index (κ2) is 9.40. The van der Waals surface area contributed by atoms with Gasteiger partial charge >= 0.3 is 0 Å². The fraction of sp³-hybridized carbons (Fsp3) is 0.174. The van der Waals surface area contributed by atoms with Gasteiger partial charge in [0.15, 0.2) is 5.69 Å². The molecule has 4 aromatic rings. The Morgan fingerprint density at radius 1 is 1.09 bits per heavy atom. The molecule has 2 aromatic carbocycles. The van der Waals surface area contributed by atoms with Crippen molar-refractivity contribution in [1.82, 2.24) is 14.9 Å². The van der Waals surface area contributed by atoms with Crippen LogP contribution in [0.25, 0.3) is 11.3 Å². The Bertz CT molecular complexity index is 1500. The van der Waals surface area contributed by atoms with E-state index in [1.54, 1.807) is 52.0 Å². The Labute approximate surface area is 209 Å². The molecular weight excluding hydrogens is 495 g/mol. The number of carbonyl (C=O) groups excluding carboxylic acids is 1. The molecule has 0 N–H and O–H groups in total. The molecule has 10 nitrogen and oxygen atoms in total. The third-order valence-corrected chi connectivity index (χ3v) is 5.94. The number of nitro groups is 1. The largest absolute Gasteiger partial charge is 0.360 e. The molecule has 0 aliphatic rings. The first-order chi connectivity index (χ1) is 16.6. The minimum Gasteiger partial charge on any atom is -0.360 e. The molecule has 2 heterocycles. The molecule has 178 valence electrons. The van der Waals surface area contributed by atoms with E-state index in [1.807, 2.05) is 0 Å². The Morgan fingerprint density at radius 3 is 2.43 bits per heavy atom. The second-order valence-electron chi connectivity index (χ2n) is 7.74. The van der Waals surface area contributed by atoms with Crippen molar-refractivity contribution in [3.05, 3.63) is 84.8 Å². The van der Waals surface area contributed by atoms with E-state index in [0.29, 0.717) is 32.7 Å². The van der Waals surface area contributed by atoms with E-state index in [-0.39, 0.29) is 28.4 Å². The minimum atomic E-state index is -0.530. The normalized spacial score (nSPS) is 11.4. The van der Waals surface area contributed by atoms with E-state index < -0.39 is 10.8 Å². The van der Waals surface area contributed by atoms with Gasteiger partial charge in [-0.25, -0.2) is 0 Å². The molecule has 4 rings (SSSR count). The lowest BCUT2D eigenvalue weighted by atomic mass is 10.1. The van der Waals surface area contributed by atoms with Crippen molar-refractivity contribution in [3.63, 3.8) is 0 Å². The molecule has 12 heteroatoms. The van der Waals surface area contributed by atoms with Gasteiger partial charge in [-0.2, -0.15) is 9.78 Å². The summed E-state index contributed by atoms with van der Waals surface area (Å²) in [6.45, 7) is 6.63. The summed E-state index contributed by atoms with van der Waals surface area (Å²) in [6, 6.07) is 9.57. The predicted molar refractivity (Wildman–Crippen MR) is 130 cm³/mol. The van der Waals surface area contributed by atoms with Crippen LogP contribution >= 0.6 is 23.2 Å². The topological polar surface area (TPSA) is 129 Å². The lowest BCUT2D eigenvalue weighted by Gasteiger charge is -2.07. The summed E-state index contributed by atoms with van der Waals surface area (Å²) >= 11 is 12.7. The Hall–Kier alpha value is -3.89. The van der Waals surface area contributed by atoms with Gasteiger partial charge in [0, 0.05) is 11.6 Å². The first-order valence-electron chi connectivity index (χ1n) is 10.3. The summed E-state index contributed by atoms with van der Waals surface area (Å²) in [4.78, 5) is 24.4. The maximum absolute atomic E-state index is 13.5. The number of carbonyl (C=O) groups is 1. The van der Waals surface area contributed by atoms with Gasteiger partial charge in [0.25, 0.3) is 11.6 Å². The van der Waals surface area contributed by atoms with Crippen LogP contribution in [0.3, 0.4) is 0 Å². The molecule has 0 unspecified atom stereocenters. The zero-order chi connectivity index (χ0) is 25.4. The minimum absolute atomic E-state index is 0.0870. The molecule has 0 saturated carbocycles. The van der Waals surface area contributed by atoms with Crippen LogP contribution in [-0.4, -0.2) is 25.8 Å². The van der Waals surface area contributed by atoms with Gasteiger partial charge in [0.05, 0.1) is 26.4 Å². The van der Waals surface area contributed by atoms with Crippen LogP contribution in [0.2, 0.25) is 10.0 Å². The lowest BCUT2D eigenvalue weighted by molar-refractivity contribution is -0.384. The van der Waals surface area contributed by atoms with Crippen LogP contribution in [0.5, 0.6) is 0 Å². The monoisotopic (exact) mass is 512 g/mol. The smallest absolute Gasteiger partial charge is 0.296 e.